The zero-order chi connectivity index (χ0) is 26.5. The van der Waals surface area contributed by atoms with E-state index in [-0.39, 0.29) is 36.0 Å². The summed E-state index contributed by atoms with van der Waals surface area (Å²) in [6.07, 6.45) is 1.70. The van der Waals surface area contributed by atoms with Crippen LogP contribution >= 0.6 is 0 Å². The molecule has 1 aromatic rings. The maximum atomic E-state index is 13.1. The van der Waals surface area contributed by atoms with Crippen LogP contribution in [-0.4, -0.2) is 59.5 Å². The van der Waals surface area contributed by atoms with Crippen molar-refractivity contribution in [1.29, 1.82) is 0 Å². The Kier molecular flexibility index (Phi) is 13.6. The third-order valence-electron chi connectivity index (χ3n) is 5.88. The van der Waals surface area contributed by atoms with Gasteiger partial charge in [0.15, 0.2) is 0 Å². The monoisotopic (exact) mass is 489 g/mol. The molecule has 0 heterocycles. The van der Waals surface area contributed by atoms with Crippen LogP contribution in [0, 0.1) is 17.8 Å². The smallest absolute Gasteiger partial charge is 0.253 e. The van der Waals surface area contributed by atoms with Gasteiger partial charge in [-0.3, -0.25) is 14.4 Å². The molecule has 7 nitrogen and oxygen atoms in total. The van der Waals surface area contributed by atoms with Gasteiger partial charge in [0.25, 0.3) is 11.8 Å². The molecule has 0 fully saturated rings. The van der Waals surface area contributed by atoms with Crippen LogP contribution in [0.5, 0.6) is 0 Å². The fourth-order valence-electron chi connectivity index (χ4n) is 4.02. The van der Waals surface area contributed by atoms with Crippen molar-refractivity contribution in [3.05, 3.63) is 35.4 Å². The first kappa shape index (κ1) is 30.6. The van der Waals surface area contributed by atoms with Crippen LogP contribution in [0.15, 0.2) is 24.3 Å². The summed E-state index contributed by atoms with van der Waals surface area (Å²) in [7, 11) is 0. The number of aliphatic hydroxyl groups excluding tert-OH is 1. The molecule has 3 unspecified atom stereocenters. The normalized spacial score (nSPS) is 13.9. The van der Waals surface area contributed by atoms with E-state index in [9.17, 15) is 19.5 Å². The molecule has 3 atom stereocenters. The molecular weight excluding hydrogens is 442 g/mol. The third kappa shape index (κ3) is 10.8. The van der Waals surface area contributed by atoms with Gasteiger partial charge in [-0.1, -0.05) is 54.5 Å². The van der Waals surface area contributed by atoms with Crippen LogP contribution < -0.4 is 10.6 Å². The first-order valence-corrected chi connectivity index (χ1v) is 13.2. The van der Waals surface area contributed by atoms with Crippen molar-refractivity contribution in [3.63, 3.8) is 0 Å². The van der Waals surface area contributed by atoms with Gasteiger partial charge < -0.3 is 20.6 Å². The second-order valence-electron chi connectivity index (χ2n) is 10.4. The molecular formula is C28H47N3O4. The molecule has 0 bridgehead atoms. The molecule has 0 saturated carbocycles. The number of hydrogen-bond acceptors (Lipinski definition) is 4. The predicted molar refractivity (Wildman–Crippen MR) is 141 cm³/mol. The summed E-state index contributed by atoms with van der Waals surface area (Å²) in [4.78, 5) is 40.3. The highest BCUT2D eigenvalue weighted by molar-refractivity contribution is 5.99. The van der Waals surface area contributed by atoms with Crippen LogP contribution in [-0.2, 0) is 4.79 Å². The second-order valence-corrected chi connectivity index (χ2v) is 10.4. The topological polar surface area (TPSA) is 98.7 Å². The Morgan fingerprint density at radius 1 is 0.914 bits per heavy atom. The molecule has 0 spiro atoms. The van der Waals surface area contributed by atoms with Gasteiger partial charge in [-0.25, -0.2) is 0 Å². The molecule has 0 saturated heterocycles. The summed E-state index contributed by atoms with van der Waals surface area (Å²) < 4.78 is 0. The van der Waals surface area contributed by atoms with Crippen molar-refractivity contribution < 1.29 is 19.5 Å². The van der Waals surface area contributed by atoms with E-state index in [1.165, 1.54) is 0 Å². The largest absolute Gasteiger partial charge is 0.391 e. The second kappa shape index (κ2) is 15.6. The van der Waals surface area contributed by atoms with E-state index in [1.54, 1.807) is 31.2 Å². The minimum Gasteiger partial charge on any atom is -0.391 e. The number of carbonyl (C=O) groups excluding carboxylic acids is 3. The number of carbonyl (C=O) groups is 3. The number of nitrogens with one attached hydrogen (secondary N) is 2. The first-order valence-electron chi connectivity index (χ1n) is 13.2. The van der Waals surface area contributed by atoms with E-state index in [4.69, 9.17) is 0 Å². The van der Waals surface area contributed by atoms with Crippen molar-refractivity contribution in [1.82, 2.24) is 15.5 Å². The minimum atomic E-state index is -0.865. The Labute approximate surface area is 212 Å². The Balaban J connectivity index is 2.94. The third-order valence-corrected chi connectivity index (χ3v) is 5.88. The summed E-state index contributed by atoms with van der Waals surface area (Å²) in [6, 6.07) is 6.25. The highest BCUT2D eigenvalue weighted by Gasteiger charge is 2.27. The van der Waals surface area contributed by atoms with E-state index >= 15 is 0 Å². The molecule has 0 aliphatic rings. The molecule has 0 aliphatic heterocycles. The molecule has 1 rings (SSSR count). The summed E-state index contributed by atoms with van der Waals surface area (Å²) in [6.45, 7) is 15.9. The number of hydrogen-bond donors (Lipinski definition) is 3. The van der Waals surface area contributed by atoms with Gasteiger partial charge in [-0.2, -0.15) is 0 Å². The number of benzene rings is 1. The van der Waals surface area contributed by atoms with Crippen molar-refractivity contribution in [2.24, 2.45) is 17.8 Å². The van der Waals surface area contributed by atoms with Gasteiger partial charge >= 0.3 is 0 Å². The highest BCUT2D eigenvalue weighted by Crippen LogP contribution is 2.17. The Morgan fingerprint density at radius 3 is 2.06 bits per heavy atom. The number of rotatable bonds is 15. The maximum Gasteiger partial charge on any atom is 0.253 e. The molecule has 3 N–H and O–H groups in total. The Hall–Kier alpha value is -2.41. The zero-order valence-corrected chi connectivity index (χ0v) is 22.8. The highest BCUT2D eigenvalue weighted by atomic mass is 16.3. The average molecular weight is 490 g/mol. The van der Waals surface area contributed by atoms with Gasteiger partial charge in [0.05, 0.1) is 12.1 Å². The lowest BCUT2D eigenvalue weighted by molar-refractivity contribution is -0.125. The molecule has 35 heavy (non-hydrogen) atoms. The molecule has 1 aromatic carbocycles. The minimum absolute atomic E-state index is 0.0802. The van der Waals surface area contributed by atoms with Gasteiger partial charge in [-0.15, -0.1) is 0 Å². The van der Waals surface area contributed by atoms with Crippen LogP contribution in [0.2, 0.25) is 0 Å². The van der Waals surface area contributed by atoms with Gasteiger partial charge in [0.2, 0.25) is 5.91 Å². The molecule has 0 radical (unpaired) electrons. The lowest BCUT2D eigenvalue weighted by Crippen LogP contribution is -2.46. The van der Waals surface area contributed by atoms with E-state index in [1.807, 2.05) is 46.4 Å². The van der Waals surface area contributed by atoms with Gasteiger partial charge in [0.1, 0.15) is 0 Å². The summed E-state index contributed by atoms with van der Waals surface area (Å²) in [5.41, 5.74) is 0.864. The molecule has 3 amide bonds. The molecule has 7 heteroatoms. The quantitative estimate of drug-likeness (QED) is 0.343. The fraction of sp³-hybridized carbons (Fsp3) is 0.679. The van der Waals surface area contributed by atoms with Crippen molar-refractivity contribution in [2.45, 2.75) is 86.3 Å². The van der Waals surface area contributed by atoms with Crippen LogP contribution in [0.3, 0.4) is 0 Å². The number of aliphatic hydroxyl groups is 1. The van der Waals surface area contributed by atoms with Crippen LogP contribution in [0.1, 0.15) is 94.9 Å². The van der Waals surface area contributed by atoms with Crippen molar-refractivity contribution in [3.8, 4) is 0 Å². The van der Waals surface area contributed by atoms with E-state index in [2.05, 4.69) is 10.6 Å². The standard InChI is InChI=1S/C28H47N3O4/c1-8-13-31(14-9-2)28(35)23-12-10-11-22(17-23)27(34)30-24(15-19(3)4)25(32)16-21(7)26(33)29-18-20(5)6/h10-12,17,19-21,24-25,32H,8-9,13-16,18H2,1-7H3,(H,29,33)(H,30,34). The summed E-state index contributed by atoms with van der Waals surface area (Å²) in [5.74, 6) is -0.295. The number of amides is 3. The average Bonchev–Trinajstić information content (AvgIpc) is 2.81. The fourth-order valence-corrected chi connectivity index (χ4v) is 4.02. The van der Waals surface area contributed by atoms with Crippen molar-refractivity contribution in [2.75, 3.05) is 19.6 Å². The SMILES string of the molecule is CCCN(CCC)C(=O)c1cccc(C(=O)NC(CC(C)C)C(O)CC(C)C(=O)NCC(C)C)c1. The Morgan fingerprint density at radius 2 is 1.51 bits per heavy atom. The molecule has 0 aliphatic carbocycles. The van der Waals surface area contributed by atoms with Crippen LogP contribution in [0.4, 0.5) is 0 Å². The summed E-state index contributed by atoms with van der Waals surface area (Å²) in [5, 5.41) is 16.8. The lowest BCUT2D eigenvalue weighted by Gasteiger charge is -2.28. The maximum absolute atomic E-state index is 13.1. The Bertz CT molecular complexity index is 803. The first-order chi connectivity index (χ1) is 16.5. The summed E-state index contributed by atoms with van der Waals surface area (Å²) >= 11 is 0. The van der Waals surface area contributed by atoms with Gasteiger partial charge in [0, 0.05) is 36.7 Å². The van der Waals surface area contributed by atoms with Gasteiger partial charge in [-0.05, 0) is 55.7 Å². The van der Waals surface area contributed by atoms with Crippen LogP contribution in [0.25, 0.3) is 0 Å². The number of nitrogens with zero attached hydrogens (tertiary/aromatic N) is 1. The van der Waals surface area contributed by atoms with E-state index < -0.39 is 12.1 Å². The molecule has 198 valence electrons. The zero-order valence-electron chi connectivity index (χ0n) is 22.8. The lowest BCUT2D eigenvalue weighted by atomic mass is 9.92. The predicted octanol–water partition coefficient (Wildman–Crippen LogP) is 4.25. The molecule has 0 aromatic heterocycles. The van der Waals surface area contributed by atoms with Crippen molar-refractivity contribution >= 4 is 17.7 Å². The van der Waals surface area contributed by atoms with E-state index in [0.29, 0.717) is 43.1 Å². The van der Waals surface area contributed by atoms with E-state index in [0.717, 1.165) is 12.8 Å².